The molecule has 88 valence electrons. The summed E-state index contributed by atoms with van der Waals surface area (Å²) >= 11 is 0. The maximum absolute atomic E-state index is 11.5. The lowest BCUT2D eigenvalue weighted by Gasteiger charge is -2.19. The van der Waals surface area contributed by atoms with Crippen molar-refractivity contribution in [2.75, 3.05) is 32.6 Å². The Labute approximate surface area is 93.9 Å². The molecule has 0 aliphatic heterocycles. The molecule has 1 aromatic heterocycles. The molecule has 1 heterocycles. The molecular weight excluding hydrogens is 208 g/mol. The fraction of sp³-hybridized carbons (Fsp3) is 0.500. The molecule has 1 aromatic rings. The van der Waals surface area contributed by atoms with Crippen molar-refractivity contribution >= 4 is 11.7 Å². The molecule has 0 saturated carbocycles. The van der Waals surface area contributed by atoms with E-state index in [9.17, 15) is 9.59 Å². The smallest absolute Gasteiger partial charge is 0.252 e. The highest BCUT2D eigenvalue weighted by Crippen LogP contribution is 2.04. The molecule has 0 fully saturated rings. The van der Waals surface area contributed by atoms with Crippen molar-refractivity contribution < 1.29 is 4.79 Å². The first-order valence-corrected chi connectivity index (χ1v) is 4.89. The standard InChI is InChI=1S/C10H16N4O2/c1-7-11-8(5-9(15)12-7)14(4)6-10(16)13(2)3/h5H,6H2,1-4H3,(H,11,12,15). The van der Waals surface area contributed by atoms with Gasteiger partial charge in [0.2, 0.25) is 5.91 Å². The Hall–Kier alpha value is -1.85. The van der Waals surface area contributed by atoms with Crippen molar-refractivity contribution in [1.29, 1.82) is 0 Å². The van der Waals surface area contributed by atoms with Crippen LogP contribution in [0.5, 0.6) is 0 Å². The molecule has 0 spiro atoms. The zero-order valence-corrected chi connectivity index (χ0v) is 9.94. The van der Waals surface area contributed by atoms with Crippen LogP contribution >= 0.6 is 0 Å². The normalized spacial score (nSPS) is 10.0. The minimum Gasteiger partial charge on any atom is -0.350 e. The molecule has 1 amide bonds. The van der Waals surface area contributed by atoms with E-state index in [0.29, 0.717) is 11.6 Å². The monoisotopic (exact) mass is 224 g/mol. The van der Waals surface area contributed by atoms with Gasteiger partial charge in [0.15, 0.2) is 0 Å². The lowest BCUT2D eigenvalue weighted by molar-refractivity contribution is -0.127. The van der Waals surface area contributed by atoms with Crippen LogP contribution in [0.25, 0.3) is 0 Å². The van der Waals surface area contributed by atoms with Crippen LogP contribution in [0.15, 0.2) is 10.9 Å². The lowest BCUT2D eigenvalue weighted by atomic mass is 10.4. The molecular formula is C10H16N4O2. The summed E-state index contributed by atoms with van der Waals surface area (Å²) in [4.78, 5) is 32.5. The second-order valence-corrected chi connectivity index (χ2v) is 3.83. The largest absolute Gasteiger partial charge is 0.350 e. The van der Waals surface area contributed by atoms with E-state index < -0.39 is 0 Å². The Balaban J connectivity index is 2.84. The number of likely N-dealkylation sites (N-methyl/N-ethyl adjacent to an activating group) is 2. The number of aromatic nitrogens is 2. The summed E-state index contributed by atoms with van der Waals surface area (Å²) < 4.78 is 0. The van der Waals surface area contributed by atoms with Gasteiger partial charge in [-0.05, 0) is 6.92 Å². The SMILES string of the molecule is Cc1nc(N(C)CC(=O)N(C)C)cc(=O)[nH]1. The minimum absolute atomic E-state index is 0.0396. The number of anilines is 1. The Kier molecular flexibility index (Phi) is 3.65. The maximum Gasteiger partial charge on any atom is 0.252 e. The molecule has 0 aliphatic rings. The summed E-state index contributed by atoms with van der Waals surface area (Å²) in [6.45, 7) is 1.90. The molecule has 0 aliphatic carbocycles. The third kappa shape index (κ3) is 3.08. The molecule has 1 N–H and O–H groups in total. The second-order valence-electron chi connectivity index (χ2n) is 3.83. The van der Waals surface area contributed by atoms with Gasteiger partial charge in [-0.15, -0.1) is 0 Å². The average Bonchev–Trinajstić information content (AvgIpc) is 2.15. The Bertz CT molecular complexity index is 439. The van der Waals surface area contributed by atoms with Gasteiger partial charge in [-0.1, -0.05) is 0 Å². The van der Waals surface area contributed by atoms with Crippen molar-refractivity contribution in [3.05, 3.63) is 22.2 Å². The number of aromatic amines is 1. The van der Waals surface area contributed by atoms with Crippen LogP contribution in [0.2, 0.25) is 0 Å². The summed E-state index contributed by atoms with van der Waals surface area (Å²) in [5.74, 6) is 0.991. The number of nitrogens with zero attached hydrogens (tertiary/aromatic N) is 3. The highest BCUT2D eigenvalue weighted by molar-refractivity contribution is 5.80. The van der Waals surface area contributed by atoms with E-state index in [0.717, 1.165) is 0 Å². The van der Waals surface area contributed by atoms with Crippen molar-refractivity contribution in [3.63, 3.8) is 0 Å². The van der Waals surface area contributed by atoms with Gasteiger partial charge < -0.3 is 14.8 Å². The van der Waals surface area contributed by atoms with Gasteiger partial charge in [0.05, 0.1) is 6.54 Å². The van der Waals surface area contributed by atoms with Gasteiger partial charge in [0.25, 0.3) is 5.56 Å². The van der Waals surface area contributed by atoms with Crippen LogP contribution in [-0.2, 0) is 4.79 Å². The number of hydrogen-bond donors (Lipinski definition) is 1. The minimum atomic E-state index is -0.216. The van der Waals surface area contributed by atoms with Crippen LogP contribution < -0.4 is 10.5 Å². The molecule has 0 aromatic carbocycles. The number of amides is 1. The van der Waals surface area contributed by atoms with Gasteiger partial charge in [-0.2, -0.15) is 0 Å². The molecule has 0 bridgehead atoms. The van der Waals surface area contributed by atoms with Crippen molar-refractivity contribution in [2.45, 2.75) is 6.92 Å². The molecule has 0 atom stereocenters. The number of carbonyl (C=O) groups is 1. The first kappa shape index (κ1) is 12.2. The van der Waals surface area contributed by atoms with Crippen LogP contribution in [-0.4, -0.2) is 48.5 Å². The fourth-order valence-electron chi connectivity index (χ4n) is 1.18. The van der Waals surface area contributed by atoms with Crippen LogP contribution in [0.4, 0.5) is 5.82 Å². The third-order valence-electron chi connectivity index (χ3n) is 2.11. The highest BCUT2D eigenvalue weighted by Gasteiger charge is 2.10. The van der Waals surface area contributed by atoms with E-state index in [1.165, 1.54) is 11.0 Å². The van der Waals surface area contributed by atoms with Crippen molar-refractivity contribution in [1.82, 2.24) is 14.9 Å². The van der Waals surface area contributed by atoms with E-state index in [1.54, 1.807) is 33.0 Å². The van der Waals surface area contributed by atoms with E-state index in [2.05, 4.69) is 9.97 Å². The molecule has 6 nitrogen and oxygen atoms in total. The van der Waals surface area contributed by atoms with E-state index >= 15 is 0 Å². The summed E-state index contributed by atoms with van der Waals surface area (Å²) in [5, 5.41) is 0. The predicted molar refractivity (Wildman–Crippen MR) is 61.6 cm³/mol. The lowest BCUT2D eigenvalue weighted by Crippen LogP contribution is -2.35. The number of carbonyl (C=O) groups excluding carboxylic acids is 1. The van der Waals surface area contributed by atoms with Gasteiger partial charge in [0, 0.05) is 27.2 Å². The maximum atomic E-state index is 11.5. The number of rotatable bonds is 3. The van der Waals surface area contributed by atoms with Crippen molar-refractivity contribution in [3.8, 4) is 0 Å². The molecule has 0 radical (unpaired) electrons. The molecule has 1 rings (SSSR count). The summed E-state index contributed by atoms with van der Waals surface area (Å²) in [5.41, 5.74) is -0.216. The zero-order valence-electron chi connectivity index (χ0n) is 9.94. The number of nitrogens with one attached hydrogen (secondary N) is 1. The van der Waals surface area contributed by atoms with E-state index in [-0.39, 0.29) is 18.0 Å². The van der Waals surface area contributed by atoms with Gasteiger partial charge in [0.1, 0.15) is 11.6 Å². The van der Waals surface area contributed by atoms with E-state index in [4.69, 9.17) is 0 Å². The van der Waals surface area contributed by atoms with E-state index in [1.807, 2.05) is 0 Å². The first-order valence-electron chi connectivity index (χ1n) is 4.89. The van der Waals surface area contributed by atoms with Crippen LogP contribution in [0.1, 0.15) is 5.82 Å². The Morgan fingerprint density at radius 2 is 2.06 bits per heavy atom. The van der Waals surface area contributed by atoms with Crippen LogP contribution in [0.3, 0.4) is 0 Å². The number of H-pyrrole nitrogens is 1. The number of aryl methyl sites for hydroxylation is 1. The second kappa shape index (κ2) is 4.78. The van der Waals surface area contributed by atoms with Gasteiger partial charge in [-0.25, -0.2) is 4.98 Å². The molecule has 16 heavy (non-hydrogen) atoms. The first-order chi connectivity index (χ1) is 7.40. The Morgan fingerprint density at radius 3 is 2.56 bits per heavy atom. The molecule has 6 heteroatoms. The molecule has 0 unspecified atom stereocenters. The zero-order chi connectivity index (χ0) is 12.3. The Morgan fingerprint density at radius 1 is 1.44 bits per heavy atom. The topological polar surface area (TPSA) is 69.3 Å². The fourth-order valence-corrected chi connectivity index (χ4v) is 1.18. The van der Waals surface area contributed by atoms with Gasteiger partial charge >= 0.3 is 0 Å². The third-order valence-corrected chi connectivity index (χ3v) is 2.11. The summed E-state index contributed by atoms with van der Waals surface area (Å²) in [6.07, 6.45) is 0. The summed E-state index contributed by atoms with van der Waals surface area (Å²) in [6, 6.07) is 1.37. The summed E-state index contributed by atoms with van der Waals surface area (Å²) in [7, 11) is 5.10. The average molecular weight is 224 g/mol. The van der Waals surface area contributed by atoms with Crippen LogP contribution in [0, 0.1) is 6.92 Å². The highest BCUT2D eigenvalue weighted by atomic mass is 16.2. The quantitative estimate of drug-likeness (QED) is 0.758. The van der Waals surface area contributed by atoms with Crippen molar-refractivity contribution in [2.24, 2.45) is 0 Å². The molecule has 0 saturated heterocycles. The predicted octanol–water partition coefficient (Wildman–Crippen LogP) is -0.397. The number of hydrogen-bond acceptors (Lipinski definition) is 4. The van der Waals surface area contributed by atoms with Gasteiger partial charge in [-0.3, -0.25) is 9.59 Å².